The van der Waals surface area contributed by atoms with Gasteiger partial charge in [-0.3, -0.25) is 4.79 Å². The normalized spacial score (nSPS) is 17.0. The van der Waals surface area contributed by atoms with Gasteiger partial charge in [0.05, 0.1) is 0 Å². The Kier molecular flexibility index (Phi) is 3.97. The minimum atomic E-state index is 0.188. The van der Waals surface area contributed by atoms with Crippen LogP contribution in [0.4, 0.5) is 0 Å². The van der Waals surface area contributed by atoms with Crippen molar-refractivity contribution in [3.05, 3.63) is 41.5 Å². The van der Waals surface area contributed by atoms with Crippen LogP contribution in [-0.4, -0.2) is 23.9 Å². The molecule has 2 nitrogen and oxygen atoms in total. The van der Waals surface area contributed by atoms with Gasteiger partial charge in [-0.1, -0.05) is 30.3 Å². The Morgan fingerprint density at radius 1 is 1.12 bits per heavy atom. The van der Waals surface area contributed by atoms with Crippen LogP contribution in [0.1, 0.15) is 31.7 Å². The average Bonchev–Trinajstić information content (AvgIpc) is 2.40. The summed E-state index contributed by atoms with van der Waals surface area (Å²) in [6.07, 6.45) is 5.51. The summed E-state index contributed by atoms with van der Waals surface area (Å²) in [5.74, 6) is 0.188. The molecule has 1 aromatic rings. The van der Waals surface area contributed by atoms with Crippen LogP contribution in [0.2, 0.25) is 0 Å². The van der Waals surface area contributed by atoms with Crippen LogP contribution in [0.15, 0.2) is 35.9 Å². The van der Waals surface area contributed by atoms with E-state index in [0.717, 1.165) is 37.1 Å². The summed E-state index contributed by atoms with van der Waals surface area (Å²) in [6.45, 7) is 3.74. The van der Waals surface area contributed by atoms with Crippen molar-refractivity contribution in [1.29, 1.82) is 0 Å². The van der Waals surface area contributed by atoms with Gasteiger partial charge in [-0.2, -0.15) is 0 Å². The van der Waals surface area contributed by atoms with Crippen molar-refractivity contribution >= 4 is 12.0 Å². The molecule has 90 valence electrons. The highest BCUT2D eigenvalue weighted by Crippen LogP contribution is 2.14. The number of carbonyl (C=O) groups excluding carboxylic acids is 1. The Morgan fingerprint density at radius 3 is 2.41 bits per heavy atom. The maximum Gasteiger partial charge on any atom is 0.249 e. The number of amides is 1. The second-order valence-corrected chi connectivity index (χ2v) is 4.59. The molecule has 1 heterocycles. The Morgan fingerprint density at radius 2 is 1.76 bits per heavy atom. The third kappa shape index (κ3) is 3.19. The minimum absolute atomic E-state index is 0.188. The van der Waals surface area contributed by atoms with Gasteiger partial charge >= 0.3 is 0 Å². The summed E-state index contributed by atoms with van der Waals surface area (Å²) >= 11 is 0. The second-order valence-electron chi connectivity index (χ2n) is 4.59. The monoisotopic (exact) mass is 229 g/mol. The van der Waals surface area contributed by atoms with Gasteiger partial charge in [0.25, 0.3) is 0 Å². The van der Waals surface area contributed by atoms with E-state index in [1.807, 2.05) is 48.2 Å². The molecule has 1 aromatic carbocycles. The maximum absolute atomic E-state index is 12.2. The zero-order valence-electron chi connectivity index (χ0n) is 10.4. The summed E-state index contributed by atoms with van der Waals surface area (Å²) in [4.78, 5) is 14.1. The van der Waals surface area contributed by atoms with Crippen molar-refractivity contribution in [1.82, 2.24) is 4.90 Å². The van der Waals surface area contributed by atoms with Gasteiger partial charge in [0, 0.05) is 18.7 Å². The molecular weight excluding hydrogens is 210 g/mol. The fourth-order valence-corrected chi connectivity index (χ4v) is 2.21. The number of nitrogens with zero attached hydrogens (tertiary/aromatic N) is 1. The molecule has 17 heavy (non-hydrogen) atoms. The molecule has 0 bridgehead atoms. The van der Waals surface area contributed by atoms with E-state index >= 15 is 0 Å². The largest absolute Gasteiger partial charge is 0.339 e. The average molecular weight is 229 g/mol. The molecule has 0 aromatic heterocycles. The van der Waals surface area contributed by atoms with E-state index in [4.69, 9.17) is 0 Å². The molecule has 1 aliphatic rings. The second kappa shape index (κ2) is 5.67. The summed E-state index contributed by atoms with van der Waals surface area (Å²) in [5.41, 5.74) is 1.92. The molecule has 2 heteroatoms. The van der Waals surface area contributed by atoms with Crippen LogP contribution in [0.3, 0.4) is 0 Å². The van der Waals surface area contributed by atoms with Crippen molar-refractivity contribution in [2.45, 2.75) is 26.2 Å². The molecule has 0 N–H and O–H groups in total. The van der Waals surface area contributed by atoms with Gasteiger partial charge < -0.3 is 4.90 Å². The SMILES string of the molecule is CC(=Cc1ccccc1)C(=O)N1CCCCC1. The fraction of sp³-hybridized carbons (Fsp3) is 0.400. The van der Waals surface area contributed by atoms with Gasteiger partial charge in [-0.05, 0) is 37.8 Å². The first-order valence-corrected chi connectivity index (χ1v) is 6.30. The van der Waals surface area contributed by atoms with Crippen LogP contribution in [0.5, 0.6) is 0 Å². The van der Waals surface area contributed by atoms with E-state index in [0.29, 0.717) is 0 Å². The van der Waals surface area contributed by atoms with E-state index in [1.54, 1.807) is 0 Å². The molecule has 0 atom stereocenters. The highest BCUT2D eigenvalue weighted by molar-refractivity contribution is 5.97. The Hall–Kier alpha value is -1.57. The number of hydrogen-bond donors (Lipinski definition) is 0. The highest BCUT2D eigenvalue weighted by Gasteiger charge is 2.17. The van der Waals surface area contributed by atoms with Gasteiger partial charge in [-0.25, -0.2) is 0 Å². The maximum atomic E-state index is 12.2. The van der Waals surface area contributed by atoms with Crippen molar-refractivity contribution in [2.24, 2.45) is 0 Å². The lowest BCUT2D eigenvalue weighted by molar-refractivity contribution is -0.127. The van der Waals surface area contributed by atoms with Crippen molar-refractivity contribution in [2.75, 3.05) is 13.1 Å². The summed E-state index contributed by atoms with van der Waals surface area (Å²) in [5, 5.41) is 0. The quantitative estimate of drug-likeness (QED) is 0.714. The van der Waals surface area contributed by atoms with Crippen LogP contribution in [-0.2, 0) is 4.79 Å². The third-order valence-electron chi connectivity index (χ3n) is 3.16. The van der Waals surface area contributed by atoms with E-state index in [9.17, 15) is 4.79 Å². The minimum Gasteiger partial charge on any atom is -0.339 e. The zero-order valence-corrected chi connectivity index (χ0v) is 10.4. The fourth-order valence-electron chi connectivity index (χ4n) is 2.21. The Balaban J connectivity index is 2.06. The Labute approximate surface area is 103 Å². The molecule has 0 aliphatic carbocycles. The summed E-state index contributed by atoms with van der Waals surface area (Å²) < 4.78 is 0. The topological polar surface area (TPSA) is 20.3 Å². The van der Waals surface area contributed by atoms with Gasteiger partial charge in [0.1, 0.15) is 0 Å². The number of likely N-dealkylation sites (tertiary alicyclic amines) is 1. The third-order valence-corrected chi connectivity index (χ3v) is 3.16. The van der Waals surface area contributed by atoms with Crippen LogP contribution in [0, 0.1) is 0 Å². The van der Waals surface area contributed by atoms with Gasteiger partial charge in [0.15, 0.2) is 0 Å². The molecule has 0 unspecified atom stereocenters. The van der Waals surface area contributed by atoms with E-state index in [2.05, 4.69) is 0 Å². The first-order valence-electron chi connectivity index (χ1n) is 6.30. The highest BCUT2D eigenvalue weighted by atomic mass is 16.2. The van der Waals surface area contributed by atoms with Crippen LogP contribution in [0.25, 0.3) is 6.08 Å². The lowest BCUT2D eigenvalue weighted by Crippen LogP contribution is -2.36. The number of hydrogen-bond acceptors (Lipinski definition) is 1. The predicted octanol–water partition coefficient (Wildman–Crippen LogP) is 3.10. The molecule has 1 saturated heterocycles. The number of benzene rings is 1. The van der Waals surface area contributed by atoms with E-state index in [1.165, 1.54) is 6.42 Å². The number of rotatable bonds is 2. The summed E-state index contributed by atoms with van der Waals surface area (Å²) in [6, 6.07) is 10.0. The van der Waals surface area contributed by atoms with Gasteiger partial charge in [-0.15, -0.1) is 0 Å². The number of carbonyl (C=O) groups is 1. The molecule has 0 spiro atoms. The van der Waals surface area contributed by atoms with Gasteiger partial charge in [0.2, 0.25) is 5.91 Å². The molecule has 1 amide bonds. The van der Waals surface area contributed by atoms with E-state index < -0.39 is 0 Å². The lowest BCUT2D eigenvalue weighted by Gasteiger charge is -2.27. The number of piperidine rings is 1. The van der Waals surface area contributed by atoms with Crippen LogP contribution >= 0.6 is 0 Å². The molecule has 1 aliphatic heterocycles. The molecule has 0 saturated carbocycles. The first-order chi connectivity index (χ1) is 8.27. The molecule has 1 fully saturated rings. The van der Waals surface area contributed by atoms with Crippen molar-refractivity contribution in [3.8, 4) is 0 Å². The van der Waals surface area contributed by atoms with Crippen LogP contribution < -0.4 is 0 Å². The first kappa shape index (κ1) is 11.9. The molecule has 2 rings (SSSR count). The molecule has 0 radical (unpaired) electrons. The smallest absolute Gasteiger partial charge is 0.249 e. The Bertz CT molecular complexity index is 402. The van der Waals surface area contributed by atoms with Crippen molar-refractivity contribution in [3.63, 3.8) is 0 Å². The summed E-state index contributed by atoms with van der Waals surface area (Å²) in [7, 11) is 0. The predicted molar refractivity (Wildman–Crippen MR) is 70.5 cm³/mol. The van der Waals surface area contributed by atoms with Crippen molar-refractivity contribution < 1.29 is 4.79 Å². The lowest BCUT2D eigenvalue weighted by atomic mass is 10.1. The zero-order chi connectivity index (χ0) is 12.1. The van der Waals surface area contributed by atoms with E-state index in [-0.39, 0.29) is 5.91 Å². The standard InChI is InChI=1S/C15H19NO/c1-13(12-14-8-4-2-5-9-14)15(17)16-10-6-3-7-11-16/h2,4-5,8-9,12H,3,6-7,10-11H2,1H3. The molecular formula is C15H19NO.